The summed E-state index contributed by atoms with van der Waals surface area (Å²) < 4.78 is 0. The number of carbonyl (C=O) groups is 1. The number of benzene rings is 1. The number of carbonyl (C=O) groups excluding carboxylic acids is 1. The minimum atomic E-state index is 0.0326. The average Bonchev–Trinajstić information content (AvgIpc) is 2.49. The molecule has 1 N–H and O–H groups in total. The molecule has 1 aromatic rings. The molecule has 0 radical (unpaired) electrons. The van der Waals surface area contributed by atoms with Crippen LogP contribution in [-0.2, 0) is 0 Å². The second kappa shape index (κ2) is 7.63. The quantitative estimate of drug-likeness (QED) is 0.923. The average molecular weight is 303 g/mol. The van der Waals surface area contributed by atoms with Crippen LogP contribution in [0.15, 0.2) is 12.1 Å². The Balaban J connectivity index is 1.91. The van der Waals surface area contributed by atoms with Crippen LogP contribution in [0, 0.1) is 20.8 Å². The highest BCUT2D eigenvalue weighted by atomic mass is 16.2. The van der Waals surface area contributed by atoms with E-state index in [4.69, 9.17) is 0 Å². The van der Waals surface area contributed by atoms with Crippen LogP contribution in [0.3, 0.4) is 0 Å². The minimum absolute atomic E-state index is 0.0326. The molecular weight excluding hydrogens is 274 g/mol. The molecule has 1 aromatic carbocycles. The first kappa shape index (κ1) is 16.8. The standard InChI is InChI=1S/C18H29N3O/c1-5-6-7-20-8-10-21(11-9-20)18(22)19-17-15(3)12-14(2)13-16(17)4/h12-13H,5-11H2,1-4H3,(H,19,22). The lowest BCUT2D eigenvalue weighted by Crippen LogP contribution is -2.50. The van der Waals surface area contributed by atoms with Crippen molar-refractivity contribution in [1.29, 1.82) is 0 Å². The summed E-state index contributed by atoms with van der Waals surface area (Å²) in [5.41, 5.74) is 4.46. The summed E-state index contributed by atoms with van der Waals surface area (Å²) in [4.78, 5) is 16.9. The predicted molar refractivity (Wildman–Crippen MR) is 92.6 cm³/mol. The monoisotopic (exact) mass is 303 g/mol. The number of rotatable bonds is 4. The molecule has 4 nitrogen and oxygen atoms in total. The molecule has 0 aliphatic carbocycles. The van der Waals surface area contributed by atoms with Crippen LogP contribution in [-0.4, -0.2) is 48.6 Å². The van der Waals surface area contributed by atoms with Crippen LogP contribution >= 0.6 is 0 Å². The maximum Gasteiger partial charge on any atom is 0.321 e. The van der Waals surface area contributed by atoms with Gasteiger partial charge in [-0.2, -0.15) is 0 Å². The predicted octanol–water partition coefficient (Wildman–Crippen LogP) is 3.56. The number of unbranched alkanes of at least 4 members (excludes halogenated alkanes) is 1. The molecule has 2 amide bonds. The lowest BCUT2D eigenvalue weighted by atomic mass is 10.1. The Bertz CT molecular complexity index is 496. The van der Waals surface area contributed by atoms with E-state index in [-0.39, 0.29) is 6.03 Å². The van der Waals surface area contributed by atoms with Crippen molar-refractivity contribution < 1.29 is 4.79 Å². The van der Waals surface area contributed by atoms with Gasteiger partial charge in [0.25, 0.3) is 0 Å². The van der Waals surface area contributed by atoms with Crippen LogP contribution in [0.25, 0.3) is 0 Å². The number of aryl methyl sites for hydroxylation is 3. The van der Waals surface area contributed by atoms with Crippen molar-refractivity contribution in [3.05, 3.63) is 28.8 Å². The van der Waals surface area contributed by atoms with Crippen molar-refractivity contribution >= 4 is 11.7 Å². The minimum Gasteiger partial charge on any atom is -0.322 e. The van der Waals surface area contributed by atoms with Crippen molar-refractivity contribution in [3.63, 3.8) is 0 Å². The summed E-state index contributed by atoms with van der Waals surface area (Å²) in [5, 5.41) is 3.10. The second-order valence-electron chi connectivity index (χ2n) is 6.39. The van der Waals surface area contributed by atoms with E-state index in [2.05, 4.69) is 50.0 Å². The lowest BCUT2D eigenvalue weighted by Gasteiger charge is -2.34. The van der Waals surface area contributed by atoms with Gasteiger partial charge in [-0.1, -0.05) is 31.0 Å². The third-order valence-corrected chi connectivity index (χ3v) is 4.40. The van der Waals surface area contributed by atoms with Crippen LogP contribution in [0.1, 0.15) is 36.5 Å². The van der Waals surface area contributed by atoms with Gasteiger partial charge in [0, 0.05) is 31.9 Å². The molecule has 1 heterocycles. The molecule has 0 atom stereocenters. The number of hydrogen-bond acceptors (Lipinski definition) is 2. The van der Waals surface area contributed by atoms with Crippen LogP contribution in [0.2, 0.25) is 0 Å². The number of nitrogens with zero attached hydrogens (tertiary/aromatic N) is 2. The summed E-state index contributed by atoms with van der Waals surface area (Å²) in [6, 6.07) is 4.27. The molecule has 22 heavy (non-hydrogen) atoms. The number of nitrogens with one attached hydrogen (secondary N) is 1. The van der Waals surface area contributed by atoms with Gasteiger partial charge >= 0.3 is 6.03 Å². The van der Waals surface area contributed by atoms with Gasteiger partial charge < -0.3 is 10.2 Å². The number of amides is 2. The van der Waals surface area contributed by atoms with Crippen LogP contribution in [0.4, 0.5) is 10.5 Å². The van der Waals surface area contributed by atoms with Crippen molar-refractivity contribution in [3.8, 4) is 0 Å². The molecule has 0 unspecified atom stereocenters. The maximum atomic E-state index is 12.5. The van der Waals surface area contributed by atoms with Crippen LogP contribution in [0.5, 0.6) is 0 Å². The molecule has 1 fully saturated rings. The zero-order chi connectivity index (χ0) is 16.1. The van der Waals surface area contributed by atoms with Gasteiger partial charge in [0.1, 0.15) is 0 Å². The lowest BCUT2D eigenvalue weighted by molar-refractivity contribution is 0.146. The molecule has 1 saturated heterocycles. The molecule has 0 saturated carbocycles. The highest BCUT2D eigenvalue weighted by Crippen LogP contribution is 2.22. The Morgan fingerprint density at radius 3 is 2.23 bits per heavy atom. The summed E-state index contributed by atoms with van der Waals surface area (Å²) in [6.07, 6.45) is 2.47. The smallest absolute Gasteiger partial charge is 0.321 e. The van der Waals surface area contributed by atoms with Gasteiger partial charge in [-0.15, -0.1) is 0 Å². The van der Waals surface area contributed by atoms with E-state index in [1.807, 2.05) is 4.90 Å². The van der Waals surface area contributed by atoms with Gasteiger partial charge in [-0.05, 0) is 44.9 Å². The van der Waals surface area contributed by atoms with E-state index in [1.54, 1.807) is 0 Å². The highest BCUT2D eigenvalue weighted by molar-refractivity contribution is 5.91. The van der Waals surface area contributed by atoms with E-state index in [0.29, 0.717) is 0 Å². The Kier molecular flexibility index (Phi) is 5.83. The fourth-order valence-electron chi connectivity index (χ4n) is 3.12. The second-order valence-corrected chi connectivity index (χ2v) is 6.39. The van der Waals surface area contributed by atoms with Gasteiger partial charge in [0.05, 0.1) is 0 Å². The van der Waals surface area contributed by atoms with Crippen molar-refractivity contribution in [1.82, 2.24) is 9.80 Å². The molecule has 0 bridgehead atoms. The molecule has 1 aliphatic rings. The molecule has 122 valence electrons. The number of hydrogen-bond donors (Lipinski definition) is 1. The van der Waals surface area contributed by atoms with Gasteiger partial charge in [-0.3, -0.25) is 4.90 Å². The van der Waals surface area contributed by atoms with E-state index in [9.17, 15) is 4.79 Å². The van der Waals surface area contributed by atoms with Crippen molar-refractivity contribution in [2.45, 2.75) is 40.5 Å². The maximum absolute atomic E-state index is 12.5. The zero-order valence-electron chi connectivity index (χ0n) is 14.4. The van der Waals surface area contributed by atoms with Crippen molar-refractivity contribution in [2.75, 3.05) is 38.0 Å². The molecule has 2 rings (SSSR count). The molecule has 4 heteroatoms. The Hall–Kier alpha value is -1.55. The number of piperazine rings is 1. The Labute approximate surface area is 134 Å². The Morgan fingerprint density at radius 2 is 1.68 bits per heavy atom. The number of urea groups is 1. The first-order chi connectivity index (χ1) is 10.5. The van der Waals surface area contributed by atoms with E-state index < -0.39 is 0 Å². The fraction of sp³-hybridized carbons (Fsp3) is 0.611. The molecule has 0 aromatic heterocycles. The Morgan fingerprint density at radius 1 is 1.09 bits per heavy atom. The summed E-state index contributed by atoms with van der Waals surface area (Å²) in [7, 11) is 0. The van der Waals surface area contributed by atoms with Crippen molar-refractivity contribution in [2.24, 2.45) is 0 Å². The van der Waals surface area contributed by atoms with Gasteiger partial charge in [0.2, 0.25) is 0 Å². The first-order valence-corrected chi connectivity index (χ1v) is 8.37. The highest BCUT2D eigenvalue weighted by Gasteiger charge is 2.21. The number of anilines is 1. The summed E-state index contributed by atoms with van der Waals surface area (Å²) in [6.45, 7) is 13.2. The van der Waals surface area contributed by atoms with Gasteiger partial charge in [-0.25, -0.2) is 4.79 Å². The van der Waals surface area contributed by atoms with E-state index >= 15 is 0 Å². The normalized spacial score (nSPS) is 15.9. The third kappa shape index (κ3) is 4.23. The molecule has 1 aliphatic heterocycles. The summed E-state index contributed by atoms with van der Waals surface area (Å²) >= 11 is 0. The van der Waals surface area contributed by atoms with Crippen LogP contribution < -0.4 is 5.32 Å². The van der Waals surface area contributed by atoms with E-state index in [0.717, 1.165) is 49.5 Å². The first-order valence-electron chi connectivity index (χ1n) is 8.37. The largest absolute Gasteiger partial charge is 0.322 e. The van der Waals surface area contributed by atoms with E-state index in [1.165, 1.54) is 18.4 Å². The van der Waals surface area contributed by atoms with Gasteiger partial charge in [0.15, 0.2) is 0 Å². The molecular formula is C18H29N3O. The summed E-state index contributed by atoms with van der Waals surface area (Å²) in [5.74, 6) is 0. The SMILES string of the molecule is CCCCN1CCN(C(=O)Nc2c(C)cc(C)cc2C)CC1. The topological polar surface area (TPSA) is 35.6 Å². The molecule has 0 spiro atoms. The zero-order valence-corrected chi connectivity index (χ0v) is 14.4. The fourth-order valence-corrected chi connectivity index (χ4v) is 3.12. The third-order valence-electron chi connectivity index (χ3n) is 4.40.